The summed E-state index contributed by atoms with van der Waals surface area (Å²) in [5, 5.41) is 0. The summed E-state index contributed by atoms with van der Waals surface area (Å²) in [5.74, 6) is 2.33. The Labute approximate surface area is 118 Å². The number of likely N-dealkylation sites (tertiary alicyclic amines) is 1. The maximum absolute atomic E-state index is 5.88. The summed E-state index contributed by atoms with van der Waals surface area (Å²) < 4.78 is 0. The zero-order chi connectivity index (χ0) is 14.2. The van der Waals surface area contributed by atoms with Crippen molar-refractivity contribution in [3.63, 3.8) is 0 Å². The molecule has 2 aromatic rings. The zero-order valence-corrected chi connectivity index (χ0v) is 11.9. The van der Waals surface area contributed by atoms with E-state index in [1.807, 2.05) is 13.1 Å². The maximum Gasteiger partial charge on any atom is 0.150 e. The predicted octanol–water partition coefficient (Wildman–Crippen LogP) is 1.60. The van der Waals surface area contributed by atoms with E-state index in [0.29, 0.717) is 5.82 Å². The maximum atomic E-state index is 5.88. The molecule has 0 spiro atoms. The Hall–Kier alpha value is -1.95. The predicted molar refractivity (Wildman–Crippen MR) is 76.8 cm³/mol. The normalized spacial score (nSPS) is 23.3. The van der Waals surface area contributed by atoms with Gasteiger partial charge in [0.15, 0.2) is 5.82 Å². The first kappa shape index (κ1) is 13.1. The molecule has 3 heterocycles. The Morgan fingerprint density at radius 2 is 2.30 bits per heavy atom. The van der Waals surface area contributed by atoms with Gasteiger partial charge in [-0.2, -0.15) is 0 Å². The van der Waals surface area contributed by atoms with Gasteiger partial charge in [0.2, 0.25) is 0 Å². The molecular formula is C14H20N6. The van der Waals surface area contributed by atoms with E-state index in [1.54, 1.807) is 12.3 Å². The van der Waals surface area contributed by atoms with Crippen molar-refractivity contribution in [3.8, 4) is 0 Å². The molecule has 3 N–H and O–H groups in total. The second-order valence-electron chi connectivity index (χ2n) is 5.59. The molecule has 3 rings (SSSR count). The van der Waals surface area contributed by atoms with Gasteiger partial charge in [0.05, 0.1) is 12.1 Å². The van der Waals surface area contributed by atoms with Crippen LogP contribution in [0.2, 0.25) is 0 Å². The van der Waals surface area contributed by atoms with Crippen LogP contribution in [0.5, 0.6) is 0 Å². The van der Waals surface area contributed by atoms with Gasteiger partial charge in [-0.15, -0.1) is 0 Å². The standard InChI is InChI=1S/C14H20N6/c1-10-8-11(15)19-13(18-10)14(2)4-3-7-20(14)9-12-16-5-6-17-12/h5-6,8H,3-4,7,9H2,1-2H3,(H,16,17)(H2,15,18,19)/t14-/m1/s1. The van der Waals surface area contributed by atoms with E-state index in [2.05, 4.69) is 31.8 Å². The molecule has 0 saturated carbocycles. The summed E-state index contributed by atoms with van der Waals surface area (Å²) in [6.07, 6.45) is 5.80. The van der Waals surface area contributed by atoms with Crippen molar-refractivity contribution in [2.24, 2.45) is 0 Å². The molecule has 1 aliphatic rings. The Balaban J connectivity index is 1.92. The largest absolute Gasteiger partial charge is 0.384 e. The van der Waals surface area contributed by atoms with Crippen LogP contribution in [0, 0.1) is 6.92 Å². The molecule has 1 aliphatic heterocycles. The average molecular weight is 272 g/mol. The number of aromatic nitrogens is 4. The highest BCUT2D eigenvalue weighted by Gasteiger charge is 2.41. The minimum atomic E-state index is -0.174. The van der Waals surface area contributed by atoms with E-state index in [4.69, 9.17) is 5.73 Å². The third-order valence-corrected chi connectivity index (χ3v) is 4.04. The van der Waals surface area contributed by atoms with Gasteiger partial charge in [0, 0.05) is 24.2 Å². The van der Waals surface area contributed by atoms with Crippen molar-refractivity contribution in [1.29, 1.82) is 0 Å². The fraction of sp³-hybridized carbons (Fsp3) is 0.500. The number of nitrogens with zero attached hydrogens (tertiary/aromatic N) is 4. The first-order chi connectivity index (χ1) is 9.58. The van der Waals surface area contributed by atoms with Crippen LogP contribution in [0.4, 0.5) is 5.82 Å². The van der Waals surface area contributed by atoms with Gasteiger partial charge in [0.25, 0.3) is 0 Å². The lowest BCUT2D eigenvalue weighted by Crippen LogP contribution is -2.40. The van der Waals surface area contributed by atoms with Crippen molar-refractivity contribution in [2.75, 3.05) is 12.3 Å². The minimum absolute atomic E-state index is 0.174. The Morgan fingerprint density at radius 1 is 1.45 bits per heavy atom. The first-order valence-electron chi connectivity index (χ1n) is 6.93. The molecule has 1 fully saturated rings. The highest BCUT2D eigenvalue weighted by Crippen LogP contribution is 2.37. The zero-order valence-electron chi connectivity index (χ0n) is 11.9. The Kier molecular flexibility index (Phi) is 3.17. The van der Waals surface area contributed by atoms with Crippen LogP contribution in [-0.2, 0) is 12.1 Å². The van der Waals surface area contributed by atoms with Gasteiger partial charge in [-0.1, -0.05) is 0 Å². The molecule has 1 atom stereocenters. The van der Waals surface area contributed by atoms with Crippen LogP contribution in [-0.4, -0.2) is 31.4 Å². The molecule has 0 aromatic carbocycles. The third kappa shape index (κ3) is 2.27. The molecular weight excluding hydrogens is 252 g/mol. The number of nitrogens with one attached hydrogen (secondary N) is 1. The van der Waals surface area contributed by atoms with Crippen LogP contribution in [0.3, 0.4) is 0 Å². The second-order valence-corrected chi connectivity index (χ2v) is 5.59. The van der Waals surface area contributed by atoms with E-state index < -0.39 is 0 Å². The van der Waals surface area contributed by atoms with Gasteiger partial charge in [0.1, 0.15) is 11.6 Å². The summed E-state index contributed by atoms with van der Waals surface area (Å²) in [5.41, 5.74) is 6.62. The molecule has 20 heavy (non-hydrogen) atoms. The molecule has 106 valence electrons. The molecule has 2 aromatic heterocycles. The number of H-pyrrole nitrogens is 1. The van der Waals surface area contributed by atoms with Crippen LogP contribution < -0.4 is 5.73 Å². The Bertz CT molecular complexity index is 573. The molecule has 6 nitrogen and oxygen atoms in total. The van der Waals surface area contributed by atoms with Crippen LogP contribution in [0.15, 0.2) is 18.5 Å². The van der Waals surface area contributed by atoms with Gasteiger partial charge in [-0.25, -0.2) is 15.0 Å². The number of rotatable bonds is 3. The van der Waals surface area contributed by atoms with Crippen LogP contribution in [0.1, 0.15) is 37.1 Å². The summed E-state index contributed by atoms with van der Waals surface area (Å²) in [6.45, 7) is 5.95. The molecule has 0 amide bonds. The number of aryl methyl sites for hydroxylation is 1. The monoisotopic (exact) mass is 272 g/mol. The summed E-state index contributed by atoms with van der Waals surface area (Å²) in [4.78, 5) is 18.9. The number of aromatic amines is 1. The van der Waals surface area contributed by atoms with E-state index in [9.17, 15) is 0 Å². The van der Waals surface area contributed by atoms with Gasteiger partial charge >= 0.3 is 0 Å². The van der Waals surface area contributed by atoms with Gasteiger partial charge in [-0.05, 0) is 33.2 Å². The summed E-state index contributed by atoms with van der Waals surface area (Å²) >= 11 is 0. The lowest BCUT2D eigenvalue weighted by Gasteiger charge is -2.33. The smallest absolute Gasteiger partial charge is 0.150 e. The number of nitrogen functional groups attached to an aromatic ring is 1. The number of anilines is 1. The molecule has 6 heteroatoms. The van der Waals surface area contributed by atoms with Crippen molar-refractivity contribution in [2.45, 2.75) is 38.8 Å². The highest BCUT2D eigenvalue weighted by molar-refractivity contribution is 5.31. The first-order valence-corrected chi connectivity index (χ1v) is 6.93. The molecule has 1 saturated heterocycles. The third-order valence-electron chi connectivity index (χ3n) is 4.04. The summed E-state index contributed by atoms with van der Waals surface area (Å²) in [6, 6.07) is 1.80. The number of imidazole rings is 1. The molecule has 0 aliphatic carbocycles. The quantitative estimate of drug-likeness (QED) is 0.886. The minimum Gasteiger partial charge on any atom is -0.384 e. The van der Waals surface area contributed by atoms with Crippen molar-refractivity contribution < 1.29 is 0 Å². The van der Waals surface area contributed by atoms with E-state index in [0.717, 1.165) is 43.3 Å². The SMILES string of the molecule is Cc1cc(N)nc([C@@]2(C)CCCN2Cc2ncc[nH]2)n1. The Morgan fingerprint density at radius 3 is 3.00 bits per heavy atom. The second kappa shape index (κ2) is 4.86. The van der Waals surface area contributed by atoms with Crippen LogP contribution in [0.25, 0.3) is 0 Å². The lowest BCUT2D eigenvalue weighted by molar-refractivity contribution is 0.134. The highest BCUT2D eigenvalue weighted by atomic mass is 15.3. The van der Waals surface area contributed by atoms with E-state index in [1.165, 1.54) is 0 Å². The number of hydrogen-bond acceptors (Lipinski definition) is 5. The van der Waals surface area contributed by atoms with E-state index >= 15 is 0 Å². The lowest BCUT2D eigenvalue weighted by atomic mass is 9.97. The molecule has 0 unspecified atom stereocenters. The fourth-order valence-electron chi connectivity index (χ4n) is 2.92. The van der Waals surface area contributed by atoms with E-state index in [-0.39, 0.29) is 5.54 Å². The summed E-state index contributed by atoms with van der Waals surface area (Å²) in [7, 11) is 0. The fourth-order valence-corrected chi connectivity index (χ4v) is 2.92. The van der Waals surface area contributed by atoms with Crippen molar-refractivity contribution in [1.82, 2.24) is 24.8 Å². The number of nitrogens with two attached hydrogens (primary N) is 1. The van der Waals surface area contributed by atoms with Crippen molar-refractivity contribution in [3.05, 3.63) is 35.8 Å². The van der Waals surface area contributed by atoms with Crippen molar-refractivity contribution >= 4 is 5.82 Å². The average Bonchev–Trinajstić information content (AvgIpc) is 3.00. The topological polar surface area (TPSA) is 83.7 Å². The van der Waals surface area contributed by atoms with Crippen LogP contribution >= 0.6 is 0 Å². The molecule has 0 radical (unpaired) electrons. The number of hydrogen-bond donors (Lipinski definition) is 2. The van der Waals surface area contributed by atoms with Gasteiger partial charge in [-0.3, -0.25) is 4.90 Å². The van der Waals surface area contributed by atoms with Gasteiger partial charge < -0.3 is 10.7 Å². The molecule has 0 bridgehead atoms.